The lowest BCUT2D eigenvalue weighted by molar-refractivity contribution is 0.230. The fourth-order valence-electron chi connectivity index (χ4n) is 0.601. The third-order valence-corrected chi connectivity index (χ3v) is 2.56. The van der Waals surface area contributed by atoms with Crippen LogP contribution >= 0.6 is 7.60 Å². The monoisotopic (exact) mass is 200 g/mol. The quantitative estimate of drug-likeness (QED) is 0.515. The second-order valence-corrected chi connectivity index (χ2v) is 3.68. The lowest BCUT2D eigenvalue weighted by Crippen LogP contribution is -1.92. The maximum atomic E-state index is 11.6. The molecule has 0 amide bonds. The van der Waals surface area contributed by atoms with Crippen molar-refractivity contribution in [2.24, 2.45) is 0 Å². The molecule has 0 spiro atoms. The summed E-state index contributed by atoms with van der Waals surface area (Å²) in [5.74, 6) is 7.47. The molecule has 0 saturated carbocycles. The van der Waals surface area contributed by atoms with E-state index in [0.717, 1.165) is 0 Å². The molecule has 0 aliphatic rings. The minimum absolute atomic E-state index is 0.311. The third kappa shape index (κ3) is 5.50. The molecule has 0 aliphatic carbocycles. The lowest BCUT2D eigenvalue weighted by atomic mass is 10.6. The Labute approximate surface area is 79.3 Å². The van der Waals surface area contributed by atoms with Crippen LogP contribution in [0.25, 0.3) is 0 Å². The van der Waals surface area contributed by atoms with Crippen molar-refractivity contribution in [3.8, 4) is 23.4 Å². The zero-order valence-corrected chi connectivity index (χ0v) is 8.98. The first-order valence-electron chi connectivity index (χ1n) is 4.01. The molecule has 72 valence electrons. The van der Waals surface area contributed by atoms with Crippen LogP contribution in [0.5, 0.6) is 0 Å². The van der Waals surface area contributed by atoms with Gasteiger partial charge in [-0.2, -0.15) is 0 Å². The minimum atomic E-state index is -3.21. The summed E-state index contributed by atoms with van der Waals surface area (Å²) in [5.41, 5.74) is 2.39. The molecular weight excluding hydrogens is 187 g/mol. The molecule has 13 heavy (non-hydrogen) atoms. The van der Waals surface area contributed by atoms with E-state index in [0.29, 0.717) is 13.2 Å². The Hall–Kier alpha value is -0.730. The third-order valence-electron chi connectivity index (χ3n) is 0.978. The molecule has 4 heteroatoms. The number of hydrogen-bond donors (Lipinski definition) is 0. The molecule has 0 N–H and O–H groups in total. The van der Waals surface area contributed by atoms with Gasteiger partial charge < -0.3 is 0 Å². The van der Waals surface area contributed by atoms with Gasteiger partial charge in [-0.25, -0.2) is 4.57 Å². The van der Waals surface area contributed by atoms with Gasteiger partial charge in [-0.3, -0.25) is 9.05 Å². The molecule has 0 aliphatic heterocycles. The number of rotatable bonds is 4. The summed E-state index contributed by atoms with van der Waals surface area (Å²) >= 11 is 0. The summed E-state index contributed by atoms with van der Waals surface area (Å²) in [5, 5.41) is 0. The summed E-state index contributed by atoms with van der Waals surface area (Å²) in [7, 11) is -3.21. The second-order valence-electron chi connectivity index (χ2n) is 1.94. The average Bonchev–Trinajstić information content (AvgIpc) is 2.05. The van der Waals surface area contributed by atoms with E-state index in [1.54, 1.807) is 20.8 Å². The molecule has 0 unspecified atom stereocenters. The van der Waals surface area contributed by atoms with Gasteiger partial charge in [-0.15, -0.1) is 0 Å². The maximum Gasteiger partial charge on any atom is 0.406 e. The largest absolute Gasteiger partial charge is 0.406 e. The predicted molar refractivity (Wildman–Crippen MR) is 52.1 cm³/mol. The highest BCUT2D eigenvalue weighted by molar-refractivity contribution is 7.59. The summed E-state index contributed by atoms with van der Waals surface area (Å²) in [6, 6.07) is 0. The highest BCUT2D eigenvalue weighted by Gasteiger charge is 2.19. The van der Waals surface area contributed by atoms with E-state index in [1.165, 1.54) is 0 Å². The van der Waals surface area contributed by atoms with Gasteiger partial charge in [0.2, 0.25) is 0 Å². The van der Waals surface area contributed by atoms with E-state index in [9.17, 15) is 4.57 Å². The molecule has 3 nitrogen and oxygen atoms in total. The van der Waals surface area contributed by atoms with Crippen molar-refractivity contribution in [1.29, 1.82) is 0 Å². The van der Waals surface area contributed by atoms with Gasteiger partial charge in [-0.1, -0.05) is 5.92 Å². The molecule has 0 aromatic rings. The van der Waals surface area contributed by atoms with Crippen LogP contribution in [0.1, 0.15) is 20.8 Å². The Kier molecular flexibility index (Phi) is 6.37. The van der Waals surface area contributed by atoms with E-state index < -0.39 is 7.60 Å². The van der Waals surface area contributed by atoms with Crippen molar-refractivity contribution in [2.75, 3.05) is 13.2 Å². The number of hydrogen-bond acceptors (Lipinski definition) is 3. The van der Waals surface area contributed by atoms with Crippen LogP contribution in [-0.4, -0.2) is 13.2 Å². The Morgan fingerprint density at radius 1 is 1.15 bits per heavy atom. The molecule has 0 bridgehead atoms. The molecule has 0 atom stereocenters. The van der Waals surface area contributed by atoms with Crippen LogP contribution in [0.4, 0.5) is 0 Å². The van der Waals surface area contributed by atoms with Gasteiger partial charge in [0.25, 0.3) is 0 Å². The van der Waals surface area contributed by atoms with E-state index in [4.69, 9.17) is 9.05 Å². The highest BCUT2D eigenvalue weighted by atomic mass is 31.2. The zero-order chi connectivity index (χ0) is 10.2. The van der Waals surface area contributed by atoms with Crippen LogP contribution in [-0.2, 0) is 13.6 Å². The lowest BCUT2D eigenvalue weighted by Gasteiger charge is -2.08. The van der Waals surface area contributed by atoms with E-state index >= 15 is 0 Å². The molecule has 0 heterocycles. The van der Waals surface area contributed by atoms with Crippen molar-refractivity contribution < 1.29 is 13.6 Å². The topological polar surface area (TPSA) is 35.5 Å². The molecule has 0 fully saturated rings. The summed E-state index contributed by atoms with van der Waals surface area (Å²) in [4.78, 5) is 0. The first kappa shape index (κ1) is 12.3. The zero-order valence-electron chi connectivity index (χ0n) is 8.09. The van der Waals surface area contributed by atoms with Crippen molar-refractivity contribution in [2.45, 2.75) is 20.8 Å². The smallest absolute Gasteiger partial charge is 0.300 e. The van der Waals surface area contributed by atoms with Crippen molar-refractivity contribution >= 4 is 7.60 Å². The maximum absolute atomic E-state index is 11.6. The summed E-state index contributed by atoms with van der Waals surface area (Å²) in [6.45, 7) is 5.75. The average molecular weight is 200 g/mol. The Bertz CT molecular complexity index is 290. The van der Waals surface area contributed by atoms with Crippen LogP contribution in [0.2, 0.25) is 0 Å². The van der Waals surface area contributed by atoms with Crippen LogP contribution < -0.4 is 0 Å². The Balaban J connectivity index is 4.49. The molecule has 0 rings (SSSR count). The predicted octanol–water partition coefficient (Wildman–Crippen LogP) is 2.24. The molecular formula is C9H13O3P. The van der Waals surface area contributed by atoms with E-state index in [-0.39, 0.29) is 0 Å². The molecule has 0 aromatic heterocycles. The molecule has 0 saturated heterocycles. The summed E-state index contributed by atoms with van der Waals surface area (Å²) < 4.78 is 21.4. The fraction of sp³-hybridized carbons (Fsp3) is 0.556. The molecule has 0 aromatic carbocycles. The van der Waals surface area contributed by atoms with Gasteiger partial charge >= 0.3 is 7.60 Å². The van der Waals surface area contributed by atoms with Crippen LogP contribution in [0, 0.1) is 23.4 Å². The fourth-order valence-corrected chi connectivity index (χ4v) is 1.68. The van der Waals surface area contributed by atoms with Gasteiger partial charge in [0.1, 0.15) is 0 Å². The van der Waals surface area contributed by atoms with E-state index in [1.807, 2.05) is 0 Å². The van der Waals surface area contributed by atoms with Crippen LogP contribution in [0.3, 0.4) is 0 Å². The first-order valence-corrected chi connectivity index (χ1v) is 5.56. The van der Waals surface area contributed by atoms with Crippen molar-refractivity contribution in [3.63, 3.8) is 0 Å². The van der Waals surface area contributed by atoms with Crippen molar-refractivity contribution in [3.05, 3.63) is 0 Å². The van der Waals surface area contributed by atoms with Gasteiger partial charge in [0.15, 0.2) is 0 Å². The van der Waals surface area contributed by atoms with Crippen molar-refractivity contribution in [1.82, 2.24) is 0 Å². The minimum Gasteiger partial charge on any atom is -0.300 e. The van der Waals surface area contributed by atoms with Crippen LogP contribution in [0.15, 0.2) is 0 Å². The standard InChI is InChI=1S/C9H13O3P/c1-4-7-8-9-13(10,11-5-2)12-6-3/h5-6H2,1-3H3. The molecule has 0 radical (unpaired) electrons. The van der Waals surface area contributed by atoms with Gasteiger partial charge in [0, 0.05) is 5.66 Å². The Morgan fingerprint density at radius 2 is 1.69 bits per heavy atom. The highest BCUT2D eigenvalue weighted by Crippen LogP contribution is 2.46. The van der Waals surface area contributed by atoms with Gasteiger partial charge in [-0.05, 0) is 32.6 Å². The SMILES string of the molecule is CC#CC#CP(=O)(OCC)OCC. The van der Waals surface area contributed by atoms with E-state index in [2.05, 4.69) is 23.4 Å². The Morgan fingerprint density at radius 3 is 2.08 bits per heavy atom. The summed E-state index contributed by atoms with van der Waals surface area (Å²) in [6.07, 6.45) is 0. The normalized spacial score (nSPS) is 9.46. The van der Waals surface area contributed by atoms with Gasteiger partial charge in [0.05, 0.1) is 13.2 Å². The second kappa shape index (κ2) is 6.75. The first-order chi connectivity index (χ1) is 6.18.